The van der Waals surface area contributed by atoms with Crippen LogP contribution in [-0.2, 0) is 46.6 Å². The van der Waals surface area contributed by atoms with E-state index >= 15 is 0 Å². The number of nitrogens with one attached hydrogen (secondary N) is 2. The molecule has 1 aliphatic rings. The number of rotatable bonds is 15. The number of amides is 3. The van der Waals surface area contributed by atoms with Gasteiger partial charge in [0.25, 0.3) is 0 Å². The van der Waals surface area contributed by atoms with Crippen LogP contribution in [0.1, 0.15) is 93.5 Å². The van der Waals surface area contributed by atoms with Crippen LogP contribution in [0.3, 0.4) is 0 Å². The predicted octanol–water partition coefficient (Wildman–Crippen LogP) is 6.15. The summed E-state index contributed by atoms with van der Waals surface area (Å²) in [5.74, 6) is -0.491. The lowest BCUT2D eigenvalue weighted by Crippen LogP contribution is -2.33. The Kier molecular flexibility index (Phi) is 13.2. The maximum Gasteiger partial charge on any atom is 0.407 e. The van der Waals surface area contributed by atoms with Gasteiger partial charge in [-0.1, -0.05) is 48.9 Å². The van der Waals surface area contributed by atoms with Crippen molar-refractivity contribution < 1.29 is 23.9 Å². The molecule has 3 amide bonds. The molecule has 0 aliphatic heterocycles. The highest BCUT2D eigenvalue weighted by atomic mass is 16.6. The third kappa shape index (κ3) is 11.7. The smallest absolute Gasteiger partial charge is 0.407 e. The molecule has 0 radical (unpaired) electrons. The van der Waals surface area contributed by atoms with Gasteiger partial charge >= 0.3 is 12.2 Å². The molecule has 1 atom stereocenters. The van der Waals surface area contributed by atoms with Crippen LogP contribution in [0.5, 0.6) is 0 Å². The molecular formula is C34H49N3O5. The quantitative estimate of drug-likeness (QED) is 0.219. The van der Waals surface area contributed by atoms with Gasteiger partial charge in [0.15, 0.2) is 0 Å². The summed E-state index contributed by atoms with van der Waals surface area (Å²) < 4.78 is 10.6. The normalized spacial score (nSPS) is 13.5. The number of hydrogen-bond donors (Lipinski definition) is 3. The largest absolute Gasteiger partial charge is 0.445 e. The molecule has 0 fully saturated rings. The molecule has 2 aromatic rings. The second-order valence-electron chi connectivity index (χ2n) is 12.2. The van der Waals surface area contributed by atoms with Crippen molar-refractivity contribution in [2.75, 3.05) is 13.1 Å². The fourth-order valence-corrected chi connectivity index (χ4v) is 5.48. The minimum absolute atomic E-state index is 0.226. The maximum atomic E-state index is 12.3. The number of carbonyl (C=O) groups is 3. The van der Waals surface area contributed by atoms with Crippen LogP contribution in [0.4, 0.5) is 9.59 Å². The summed E-state index contributed by atoms with van der Waals surface area (Å²) in [4.78, 5) is 36.2. The van der Waals surface area contributed by atoms with Gasteiger partial charge in [-0.05, 0) is 113 Å². The standard InChI is InChI=1S/C34H49N3O5/c1-34(2,3)42-33(40)37-22-12-10-16-28(31(35)38)23-27-20-19-26(29-17-7-8-18-30(27)29)15-9-11-21-36-32(39)41-24-25-13-5-4-6-14-25/h4-6,13-14,19-20,28H,7-12,15-18,21-24H2,1-3H3,(H2,35,38)(H,36,39)(H,37,40)/t28-/m0/s1. The Morgan fingerprint density at radius 2 is 1.45 bits per heavy atom. The molecule has 8 heteroatoms. The summed E-state index contributed by atoms with van der Waals surface area (Å²) >= 11 is 0. The highest BCUT2D eigenvalue weighted by Crippen LogP contribution is 2.31. The Labute approximate surface area is 251 Å². The van der Waals surface area contributed by atoms with Crippen LogP contribution in [0.15, 0.2) is 42.5 Å². The molecule has 0 unspecified atom stereocenters. The third-order valence-electron chi connectivity index (χ3n) is 7.60. The molecule has 230 valence electrons. The van der Waals surface area contributed by atoms with Crippen molar-refractivity contribution >= 4 is 18.1 Å². The second-order valence-corrected chi connectivity index (χ2v) is 12.2. The van der Waals surface area contributed by atoms with E-state index in [2.05, 4.69) is 22.8 Å². The lowest BCUT2D eigenvalue weighted by Gasteiger charge is -2.25. The van der Waals surface area contributed by atoms with Crippen LogP contribution in [0.2, 0.25) is 0 Å². The van der Waals surface area contributed by atoms with Gasteiger partial charge in [-0.15, -0.1) is 0 Å². The van der Waals surface area contributed by atoms with Gasteiger partial charge in [0.1, 0.15) is 12.2 Å². The molecule has 3 rings (SSSR count). The molecular weight excluding hydrogens is 530 g/mol. The zero-order valence-corrected chi connectivity index (χ0v) is 25.6. The van der Waals surface area contributed by atoms with Crippen molar-refractivity contribution in [3.63, 3.8) is 0 Å². The highest BCUT2D eigenvalue weighted by molar-refractivity contribution is 5.77. The summed E-state index contributed by atoms with van der Waals surface area (Å²) in [5, 5.41) is 5.63. The van der Waals surface area contributed by atoms with Crippen molar-refractivity contribution in [2.24, 2.45) is 11.7 Å². The van der Waals surface area contributed by atoms with Crippen molar-refractivity contribution in [1.82, 2.24) is 10.6 Å². The Morgan fingerprint density at radius 3 is 2.12 bits per heavy atom. The molecule has 1 aliphatic carbocycles. The van der Waals surface area contributed by atoms with Crippen LogP contribution in [0, 0.1) is 5.92 Å². The highest BCUT2D eigenvalue weighted by Gasteiger charge is 2.22. The molecule has 0 aromatic heterocycles. The molecule has 4 N–H and O–H groups in total. The van der Waals surface area contributed by atoms with E-state index in [1.807, 2.05) is 51.1 Å². The first-order chi connectivity index (χ1) is 20.1. The van der Waals surface area contributed by atoms with Crippen LogP contribution >= 0.6 is 0 Å². The van der Waals surface area contributed by atoms with Gasteiger partial charge in [0.05, 0.1) is 0 Å². The van der Waals surface area contributed by atoms with Crippen molar-refractivity contribution in [1.29, 1.82) is 0 Å². The van der Waals surface area contributed by atoms with Gasteiger partial charge in [-0.25, -0.2) is 9.59 Å². The SMILES string of the molecule is CC(C)(C)OC(=O)NCCCC[C@@H](Cc1ccc(CCCCNC(=O)OCc2ccccc2)c2c1CCCC2)C(N)=O. The molecule has 8 nitrogen and oxygen atoms in total. The predicted molar refractivity (Wildman–Crippen MR) is 165 cm³/mol. The van der Waals surface area contributed by atoms with Gasteiger partial charge in [-0.2, -0.15) is 0 Å². The average molecular weight is 580 g/mol. The first kappa shape index (κ1) is 33.0. The Balaban J connectivity index is 1.44. The van der Waals surface area contributed by atoms with Crippen molar-refractivity contribution in [3.05, 3.63) is 70.3 Å². The minimum atomic E-state index is -0.522. The minimum Gasteiger partial charge on any atom is -0.445 e. The topological polar surface area (TPSA) is 120 Å². The fourth-order valence-electron chi connectivity index (χ4n) is 5.48. The fraction of sp³-hybridized carbons (Fsp3) is 0.559. The molecule has 0 bridgehead atoms. The molecule has 0 spiro atoms. The summed E-state index contributed by atoms with van der Waals surface area (Å²) in [5.41, 5.74) is 11.7. The molecule has 0 heterocycles. The average Bonchev–Trinajstić information content (AvgIpc) is 2.95. The first-order valence-corrected chi connectivity index (χ1v) is 15.5. The second kappa shape index (κ2) is 16.8. The van der Waals surface area contributed by atoms with E-state index in [1.165, 1.54) is 28.7 Å². The molecule has 0 saturated heterocycles. The van der Waals surface area contributed by atoms with Gasteiger partial charge in [0.2, 0.25) is 5.91 Å². The van der Waals surface area contributed by atoms with Gasteiger partial charge in [0, 0.05) is 19.0 Å². The lowest BCUT2D eigenvalue weighted by atomic mass is 9.81. The number of fused-ring (bicyclic) bond motifs is 1. The van der Waals surface area contributed by atoms with E-state index in [4.69, 9.17) is 15.2 Å². The monoisotopic (exact) mass is 579 g/mol. The van der Waals surface area contributed by atoms with E-state index in [9.17, 15) is 14.4 Å². The van der Waals surface area contributed by atoms with E-state index in [0.29, 0.717) is 25.9 Å². The summed E-state index contributed by atoms with van der Waals surface area (Å²) in [7, 11) is 0. The van der Waals surface area contributed by atoms with Crippen molar-refractivity contribution in [3.8, 4) is 0 Å². The van der Waals surface area contributed by atoms with E-state index in [1.54, 1.807) is 0 Å². The number of aryl methyl sites for hydroxylation is 1. The number of ether oxygens (including phenoxy) is 2. The number of carbonyl (C=O) groups excluding carboxylic acids is 3. The molecule has 42 heavy (non-hydrogen) atoms. The molecule has 2 aromatic carbocycles. The summed E-state index contributed by atoms with van der Waals surface area (Å²) in [6, 6.07) is 14.1. The number of hydrogen-bond acceptors (Lipinski definition) is 5. The van der Waals surface area contributed by atoms with Crippen LogP contribution in [-0.4, -0.2) is 36.8 Å². The number of nitrogens with two attached hydrogens (primary N) is 1. The number of primary amides is 1. The van der Waals surface area contributed by atoms with E-state index in [-0.39, 0.29) is 24.5 Å². The number of unbranched alkanes of at least 4 members (excludes halogenated alkanes) is 2. The Bertz CT molecular complexity index is 1160. The zero-order valence-electron chi connectivity index (χ0n) is 25.6. The van der Waals surface area contributed by atoms with Crippen LogP contribution < -0.4 is 16.4 Å². The number of alkyl carbamates (subject to hydrolysis) is 2. The molecule has 0 saturated carbocycles. The van der Waals surface area contributed by atoms with Crippen molar-refractivity contribution in [2.45, 2.75) is 104 Å². The third-order valence-corrected chi connectivity index (χ3v) is 7.60. The van der Waals surface area contributed by atoms with Crippen LogP contribution in [0.25, 0.3) is 0 Å². The van der Waals surface area contributed by atoms with E-state index < -0.39 is 11.7 Å². The maximum absolute atomic E-state index is 12.3. The Hall–Kier alpha value is -3.55. The number of benzene rings is 2. The first-order valence-electron chi connectivity index (χ1n) is 15.5. The lowest BCUT2D eigenvalue weighted by molar-refractivity contribution is -0.122. The Morgan fingerprint density at radius 1 is 0.833 bits per heavy atom. The van der Waals surface area contributed by atoms with E-state index in [0.717, 1.165) is 56.9 Å². The summed E-state index contributed by atoms with van der Waals surface area (Å²) in [6.45, 7) is 6.87. The van der Waals surface area contributed by atoms with Gasteiger partial charge < -0.3 is 25.8 Å². The van der Waals surface area contributed by atoms with Gasteiger partial charge in [-0.3, -0.25) is 4.79 Å². The zero-order chi connectivity index (χ0) is 30.4. The summed E-state index contributed by atoms with van der Waals surface area (Å²) in [6.07, 6.45) is 9.40.